The molecule has 0 rings (SSSR count). The average Bonchev–Trinajstić information content (AvgIpc) is 1.86. The van der Waals surface area contributed by atoms with E-state index in [1.54, 1.807) is 0 Å². The molecule has 0 aromatic carbocycles. The van der Waals surface area contributed by atoms with E-state index in [9.17, 15) is 0 Å². The maximum atomic E-state index is 3.51. The van der Waals surface area contributed by atoms with Crippen LogP contribution in [0.3, 0.4) is 0 Å². The van der Waals surface area contributed by atoms with Gasteiger partial charge in [-0.3, -0.25) is 0 Å². The van der Waals surface area contributed by atoms with E-state index in [4.69, 9.17) is 0 Å². The fraction of sp³-hybridized carbons (Fsp3) is 1.00. The molecule has 0 aliphatic rings. The van der Waals surface area contributed by atoms with Gasteiger partial charge in [0.15, 0.2) is 0 Å². The minimum absolute atomic E-state index is 0.661. The highest BCUT2D eigenvalue weighted by Crippen LogP contribution is 2.01. The van der Waals surface area contributed by atoms with Crippen molar-refractivity contribution >= 4 is 0 Å². The molecule has 1 unspecified atom stereocenters. The minimum Gasteiger partial charge on any atom is -0.314 e. The summed E-state index contributed by atoms with van der Waals surface area (Å²) in [5.74, 6) is 1.57. The van der Waals surface area contributed by atoms with Gasteiger partial charge in [-0.05, 0) is 31.7 Å². The fourth-order valence-electron chi connectivity index (χ4n) is 0.835. The molecule has 0 fully saturated rings. The fourth-order valence-corrected chi connectivity index (χ4v) is 0.835. The lowest BCUT2D eigenvalue weighted by molar-refractivity contribution is 0.408. The summed E-state index contributed by atoms with van der Waals surface area (Å²) < 4.78 is 0. The molecule has 0 amide bonds. The van der Waals surface area contributed by atoms with Crippen LogP contribution in [0.25, 0.3) is 0 Å². The van der Waals surface area contributed by atoms with Gasteiger partial charge in [0.05, 0.1) is 0 Å². The van der Waals surface area contributed by atoms with Crippen LogP contribution >= 0.6 is 0 Å². The molecule has 68 valence electrons. The second-order valence-corrected chi connectivity index (χ2v) is 4.17. The molecule has 1 atom stereocenters. The lowest BCUT2D eigenvalue weighted by Crippen LogP contribution is -2.31. The van der Waals surface area contributed by atoms with Gasteiger partial charge < -0.3 is 5.32 Å². The quantitative estimate of drug-likeness (QED) is 0.647. The lowest BCUT2D eigenvalue weighted by Gasteiger charge is -2.17. The molecule has 0 aliphatic carbocycles. The molecule has 0 heterocycles. The van der Waals surface area contributed by atoms with Crippen molar-refractivity contribution in [2.24, 2.45) is 11.8 Å². The average molecular weight is 157 g/mol. The smallest absolute Gasteiger partial charge is 0.00617 e. The first-order chi connectivity index (χ1) is 5.04. The molecule has 0 saturated carbocycles. The van der Waals surface area contributed by atoms with E-state index in [0.29, 0.717) is 6.04 Å². The van der Waals surface area contributed by atoms with Gasteiger partial charge in [0.25, 0.3) is 0 Å². The van der Waals surface area contributed by atoms with E-state index in [-0.39, 0.29) is 0 Å². The molecule has 0 saturated heterocycles. The number of hydrogen-bond acceptors (Lipinski definition) is 1. The number of nitrogens with one attached hydrogen (secondary N) is 1. The SMILES string of the molecule is CC(C)CCNC(C)C(C)C. The van der Waals surface area contributed by atoms with Crippen LogP contribution in [0.2, 0.25) is 0 Å². The molecule has 0 aromatic rings. The Balaban J connectivity index is 3.24. The van der Waals surface area contributed by atoms with Gasteiger partial charge in [0.1, 0.15) is 0 Å². The Morgan fingerprint density at radius 1 is 1.00 bits per heavy atom. The largest absolute Gasteiger partial charge is 0.314 e. The third-order valence-electron chi connectivity index (χ3n) is 2.19. The summed E-state index contributed by atoms with van der Waals surface area (Å²) in [5, 5.41) is 3.51. The standard InChI is InChI=1S/C10H23N/c1-8(2)6-7-11-10(5)9(3)4/h8-11H,6-7H2,1-5H3. The Bertz CT molecular complexity index is 86.9. The zero-order chi connectivity index (χ0) is 8.85. The predicted molar refractivity (Wildman–Crippen MR) is 51.8 cm³/mol. The van der Waals surface area contributed by atoms with Crippen LogP contribution in [-0.4, -0.2) is 12.6 Å². The summed E-state index contributed by atoms with van der Waals surface area (Å²) in [6.45, 7) is 12.5. The summed E-state index contributed by atoms with van der Waals surface area (Å²) in [4.78, 5) is 0. The molecule has 0 bridgehead atoms. The van der Waals surface area contributed by atoms with E-state index in [1.807, 2.05) is 0 Å². The van der Waals surface area contributed by atoms with E-state index < -0.39 is 0 Å². The van der Waals surface area contributed by atoms with Gasteiger partial charge in [-0.1, -0.05) is 27.7 Å². The Morgan fingerprint density at radius 3 is 1.91 bits per heavy atom. The third kappa shape index (κ3) is 6.36. The van der Waals surface area contributed by atoms with Crippen molar-refractivity contribution in [3.05, 3.63) is 0 Å². The van der Waals surface area contributed by atoms with Crippen LogP contribution in [0.5, 0.6) is 0 Å². The first-order valence-corrected chi connectivity index (χ1v) is 4.77. The highest BCUT2D eigenvalue weighted by molar-refractivity contribution is 4.64. The van der Waals surface area contributed by atoms with Gasteiger partial charge >= 0.3 is 0 Å². The second-order valence-electron chi connectivity index (χ2n) is 4.17. The van der Waals surface area contributed by atoms with Crippen molar-refractivity contribution in [3.63, 3.8) is 0 Å². The Kier molecular flexibility index (Phi) is 5.57. The molecular formula is C10H23N. The van der Waals surface area contributed by atoms with Gasteiger partial charge in [-0.2, -0.15) is 0 Å². The summed E-state index contributed by atoms with van der Waals surface area (Å²) in [6.07, 6.45) is 1.29. The lowest BCUT2D eigenvalue weighted by atomic mass is 10.1. The van der Waals surface area contributed by atoms with Crippen molar-refractivity contribution in [3.8, 4) is 0 Å². The second kappa shape index (κ2) is 5.59. The molecular weight excluding hydrogens is 134 g/mol. The van der Waals surface area contributed by atoms with Crippen LogP contribution in [0.15, 0.2) is 0 Å². The zero-order valence-electron chi connectivity index (χ0n) is 8.65. The van der Waals surface area contributed by atoms with Crippen LogP contribution in [0.4, 0.5) is 0 Å². The molecule has 11 heavy (non-hydrogen) atoms. The van der Waals surface area contributed by atoms with Crippen LogP contribution in [0.1, 0.15) is 41.0 Å². The van der Waals surface area contributed by atoms with Crippen LogP contribution in [-0.2, 0) is 0 Å². The van der Waals surface area contributed by atoms with E-state index in [0.717, 1.165) is 18.4 Å². The summed E-state index contributed by atoms with van der Waals surface area (Å²) in [5.41, 5.74) is 0. The normalized spacial score (nSPS) is 14.5. The van der Waals surface area contributed by atoms with Crippen molar-refractivity contribution < 1.29 is 0 Å². The highest BCUT2D eigenvalue weighted by atomic mass is 14.9. The molecule has 1 nitrogen and oxygen atoms in total. The predicted octanol–water partition coefficient (Wildman–Crippen LogP) is 2.67. The molecule has 0 spiro atoms. The number of rotatable bonds is 5. The zero-order valence-corrected chi connectivity index (χ0v) is 8.65. The molecule has 1 N–H and O–H groups in total. The molecule has 0 aliphatic heterocycles. The van der Waals surface area contributed by atoms with Gasteiger partial charge in [0, 0.05) is 6.04 Å². The van der Waals surface area contributed by atoms with E-state index >= 15 is 0 Å². The topological polar surface area (TPSA) is 12.0 Å². The monoisotopic (exact) mass is 157 g/mol. The highest BCUT2D eigenvalue weighted by Gasteiger charge is 2.04. The van der Waals surface area contributed by atoms with Gasteiger partial charge in [0.2, 0.25) is 0 Å². The van der Waals surface area contributed by atoms with Crippen LogP contribution in [0, 0.1) is 11.8 Å². The first kappa shape index (κ1) is 11.0. The first-order valence-electron chi connectivity index (χ1n) is 4.77. The Hall–Kier alpha value is -0.0400. The molecule has 1 heteroatoms. The Labute approximate surface area is 71.6 Å². The summed E-state index contributed by atoms with van der Waals surface area (Å²) in [7, 11) is 0. The van der Waals surface area contributed by atoms with E-state index in [2.05, 4.69) is 39.9 Å². The maximum Gasteiger partial charge on any atom is 0.00617 e. The summed E-state index contributed by atoms with van der Waals surface area (Å²) >= 11 is 0. The van der Waals surface area contributed by atoms with Gasteiger partial charge in [-0.25, -0.2) is 0 Å². The number of hydrogen-bond donors (Lipinski definition) is 1. The van der Waals surface area contributed by atoms with Crippen LogP contribution < -0.4 is 5.32 Å². The van der Waals surface area contributed by atoms with Crippen molar-refractivity contribution in [1.29, 1.82) is 0 Å². The minimum atomic E-state index is 0.661. The van der Waals surface area contributed by atoms with Crippen molar-refractivity contribution in [2.75, 3.05) is 6.54 Å². The van der Waals surface area contributed by atoms with Crippen molar-refractivity contribution in [2.45, 2.75) is 47.1 Å². The summed E-state index contributed by atoms with van der Waals surface area (Å²) in [6, 6.07) is 0.661. The molecule has 0 aromatic heterocycles. The third-order valence-corrected chi connectivity index (χ3v) is 2.19. The maximum absolute atomic E-state index is 3.51. The van der Waals surface area contributed by atoms with Crippen molar-refractivity contribution in [1.82, 2.24) is 5.32 Å². The van der Waals surface area contributed by atoms with Gasteiger partial charge in [-0.15, -0.1) is 0 Å². The molecule has 0 radical (unpaired) electrons. The Morgan fingerprint density at radius 2 is 1.55 bits per heavy atom. The van der Waals surface area contributed by atoms with E-state index in [1.165, 1.54) is 6.42 Å².